The molecule has 6 heteroatoms. The highest BCUT2D eigenvalue weighted by molar-refractivity contribution is 5.73. The van der Waals surface area contributed by atoms with Crippen LogP contribution < -0.4 is 4.90 Å². The Hall–Kier alpha value is -3.90. The molecule has 6 nitrogen and oxygen atoms in total. The van der Waals surface area contributed by atoms with Crippen LogP contribution in [0.3, 0.4) is 0 Å². The minimum absolute atomic E-state index is 0.320. The summed E-state index contributed by atoms with van der Waals surface area (Å²) in [5.74, 6) is 0.0365. The fourth-order valence-corrected chi connectivity index (χ4v) is 5.04. The van der Waals surface area contributed by atoms with E-state index in [0.29, 0.717) is 5.76 Å². The van der Waals surface area contributed by atoms with Crippen LogP contribution in [-0.2, 0) is 16.1 Å². The predicted octanol–water partition coefficient (Wildman–Crippen LogP) is 7.27. The highest BCUT2D eigenvalue weighted by Gasteiger charge is 2.56. The number of anilines is 2. The summed E-state index contributed by atoms with van der Waals surface area (Å²) >= 11 is 0. The molecule has 4 aromatic rings. The second-order valence-corrected chi connectivity index (χ2v) is 8.40. The van der Waals surface area contributed by atoms with Crippen molar-refractivity contribution in [2.75, 3.05) is 4.90 Å². The van der Waals surface area contributed by atoms with E-state index in [1.807, 2.05) is 72.8 Å². The number of benzene rings is 3. The van der Waals surface area contributed by atoms with E-state index in [1.165, 1.54) is 6.07 Å². The Morgan fingerprint density at radius 2 is 1.44 bits per heavy atom. The number of fused-ring (bicyclic) bond motifs is 1. The number of furan rings is 1. The zero-order chi connectivity index (χ0) is 23.8. The maximum atomic E-state index is 11.6. The zero-order valence-corrected chi connectivity index (χ0v) is 19.2. The van der Waals surface area contributed by atoms with Crippen LogP contribution in [0.1, 0.15) is 43.6 Å². The lowest BCUT2D eigenvalue weighted by molar-refractivity contribution is -0.402. The van der Waals surface area contributed by atoms with Crippen molar-refractivity contribution in [3.63, 3.8) is 0 Å². The van der Waals surface area contributed by atoms with E-state index in [1.54, 1.807) is 6.07 Å². The molecule has 0 N–H and O–H groups in total. The number of hydrogen-bond acceptors (Lipinski definition) is 5. The van der Waals surface area contributed by atoms with E-state index < -0.39 is 16.2 Å². The Morgan fingerprint density at radius 3 is 2.06 bits per heavy atom. The molecule has 1 aliphatic rings. The minimum atomic E-state index is -1.27. The SMILES string of the molecule is CCC1(CC)OC(c2ccccc2)(c2ccc([N+](=O)[O-])o2)N(c2ccccc2)c2ccccc21. The number of nitro groups is 1. The zero-order valence-electron chi connectivity index (χ0n) is 19.2. The molecule has 0 bridgehead atoms. The quantitative estimate of drug-likeness (QED) is 0.226. The first-order chi connectivity index (χ1) is 16.6. The average molecular weight is 455 g/mol. The summed E-state index contributed by atoms with van der Waals surface area (Å²) in [5.41, 5.74) is 1.88. The van der Waals surface area contributed by atoms with Gasteiger partial charge >= 0.3 is 5.88 Å². The lowest BCUT2D eigenvalue weighted by Crippen LogP contribution is -2.55. The van der Waals surface area contributed by atoms with Crippen LogP contribution in [0.15, 0.2) is 101 Å². The summed E-state index contributed by atoms with van der Waals surface area (Å²) in [6, 6.07) is 31.0. The third-order valence-electron chi connectivity index (χ3n) is 6.72. The molecule has 0 amide bonds. The van der Waals surface area contributed by atoms with Gasteiger partial charge in [0.05, 0.1) is 17.4 Å². The van der Waals surface area contributed by atoms with Crippen LogP contribution >= 0.6 is 0 Å². The van der Waals surface area contributed by atoms with E-state index in [9.17, 15) is 10.1 Å². The summed E-state index contributed by atoms with van der Waals surface area (Å²) in [7, 11) is 0. The fourth-order valence-electron chi connectivity index (χ4n) is 5.04. The Bertz CT molecular complexity index is 1300. The van der Waals surface area contributed by atoms with Crippen LogP contribution in [0, 0.1) is 10.1 Å². The molecule has 0 radical (unpaired) electrons. The smallest absolute Gasteiger partial charge is 0.400 e. The molecule has 0 aliphatic carbocycles. The van der Waals surface area contributed by atoms with Crippen molar-refractivity contribution >= 4 is 17.3 Å². The van der Waals surface area contributed by atoms with E-state index in [4.69, 9.17) is 9.15 Å². The lowest BCUT2D eigenvalue weighted by atomic mass is 9.81. The second-order valence-electron chi connectivity index (χ2n) is 8.40. The van der Waals surface area contributed by atoms with Gasteiger partial charge in [0.15, 0.2) is 5.76 Å². The molecule has 1 aliphatic heterocycles. The van der Waals surface area contributed by atoms with Gasteiger partial charge in [0.25, 0.3) is 0 Å². The molecule has 5 rings (SSSR count). The molecule has 0 saturated carbocycles. The molecule has 0 saturated heterocycles. The van der Waals surface area contributed by atoms with Crippen LogP contribution in [0.5, 0.6) is 0 Å². The molecule has 1 unspecified atom stereocenters. The first-order valence-electron chi connectivity index (χ1n) is 11.5. The van der Waals surface area contributed by atoms with Gasteiger partial charge in [-0.2, -0.15) is 0 Å². The van der Waals surface area contributed by atoms with Gasteiger partial charge in [0.2, 0.25) is 5.72 Å². The van der Waals surface area contributed by atoms with E-state index in [2.05, 4.69) is 30.9 Å². The molecule has 2 heterocycles. The van der Waals surface area contributed by atoms with Gasteiger partial charge in [0, 0.05) is 16.8 Å². The number of hydrogen-bond donors (Lipinski definition) is 0. The Labute approximate surface area is 198 Å². The van der Waals surface area contributed by atoms with Crippen molar-refractivity contribution in [1.82, 2.24) is 0 Å². The monoisotopic (exact) mass is 454 g/mol. The number of rotatable bonds is 6. The first-order valence-corrected chi connectivity index (χ1v) is 11.5. The molecule has 1 aromatic heterocycles. The number of nitrogens with zero attached hydrogens (tertiary/aromatic N) is 2. The fraction of sp³-hybridized carbons (Fsp3) is 0.214. The van der Waals surface area contributed by atoms with Gasteiger partial charge in [-0.15, -0.1) is 0 Å². The van der Waals surface area contributed by atoms with Gasteiger partial charge in [-0.3, -0.25) is 10.1 Å². The first kappa shape index (κ1) is 21.9. The maximum absolute atomic E-state index is 11.6. The number of para-hydroxylation sites is 2. The van der Waals surface area contributed by atoms with Crippen molar-refractivity contribution in [1.29, 1.82) is 0 Å². The van der Waals surface area contributed by atoms with Crippen molar-refractivity contribution < 1.29 is 14.1 Å². The third kappa shape index (κ3) is 3.22. The second kappa shape index (κ2) is 8.47. The average Bonchev–Trinajstić information content (AvgIpc) is 3.40. The lowest BCUT2D eigenvalue weighted by Gasteiger charge is -2.54. The molecule has 34 heavy (non-hydrogen) atoms. The van der Waals surface area contributed by atoms with E-state index >= 15 is 0 Å². The molecule has 0 spiro atoms. The molecule has 3 aromatic carbocycles. The van der Waals surface area contributed by atoms with Gasteiger partial charge in [-0.25, -0.2) is 0 Å². The van der Waals surface area contributed by atoms with Crippen LogP contribution in [0.25, 0.3) is 0 Å². The topological polar surface area (TPSA) is 68.8 Å². The normalized spacial score (nSPS) is 18.9. The molecule has 1 atom stereocenters. The molecule has 0 fully saturated rings. The van der Waals surface area contributed by atoms with E-state index in [-0.39, 0.29) is 5.88 Å². The molecular formula is C28H26N2O4. The van der Waals surface area contributed by atoms with Crippen LogP contribution in [0.2, 0.25) is 0 Å². The van der Waals surface area contributed by atoms with Gasteiger partial charge in [0.1, 0.15) is 4.92 Å². The van der Waals surface area contributed by atoms with Crippen molar-refractivity contribution in [3.05, 3.63) is 124 Å². The summed E-state index contributed by atoms with van der Waals surface area (Å²) in [4.78, 5) is 13.2. The van der Waals surface area contributed by atoms with Crippen molar-refractivity contribution in [2.45, 2.75) is 38.0 Å². The Balaban J connectivity index is 1.92. The number of ether oxygens (including phenoxy) is 1. The highest BCUT2D eigenvalue weighted by Crippen LogP contribution is 2.57. The largest absolute Gasteiger partial charge is 0.433 e. The summed E-state index contributed by atoms with van der Waals surface area (Å²) in [5, 5.41) is 11.6. The maximum Gasteiger partial charge on any atom is 0.433 e. The standard InChI is InChI=1S/C28H26N2O4/c1-3-27(4-2)23-17-11-12-18-24(23)29(22-15-9-6-10-16-22)28(34-27,21-13-7-5-8-14-21)25-19-20-26(33-25)30(31)32/h5-20H,3-4H2,1-2H3. The summed E-state index contributed by atoms with van der Waals surface area (Å²) < 4.78 is 13.2. The molecular weight excluding hydrogens is 428 g/mol. The summed E-state index contributed by atoms with van der Waals surface area (Å²) in [6.45, 7) is 4.22. The van der Waals surface area contributed by atoms with E-state index in [0.717, 1.165) is 35.3 Å². The van der Waals surface area contributed by atoms with Gasteiger partial charge in [-0.1, -0.05) is 80.6 Å². The van der Waals surface area contributed by atoms with Gasteiger partial charge < -0.3 is 14.1 Å². The van der Waals surface area contributed by atoms with Crippen LogP contribution in [0.4, 0.5) is 17.3 Å². The predicted molar refractivity (Wildman–Crippen MR) is 131 cm³/mol. The Kier molecular flexibility index (Phi) is 5.46. The van der Waals surface area contributed by atoms with Crippen molar-refractivity contribution in [3.8, 4) is 0 Å². The van der Waals surface area contributed by atoms with Crippen molar-refractivity contribution in [2.24, 2.45) is 0 Å². The summed E-state index contributed by atoms with van der Waals surface area (Å²) in [6.07, 6.45) is 1.45. The van der Waals surface area contributed by atoms with Gasteiger partial charge in [-0.05, 0) is 37.1 Å². The van der Waals surface area contributed by atoms with Crippen LogP contribution in [-0.4, -0.2) is 4.92 Å². The minimum Gasteiger partial charge on any atom is -0.400 e. The third-order valence-corrected chi connectivity index (χ3v) is 6.72. The molecule has 172 valence electrons. The highest BCUT2D eigenvalue weighted by atomic mass is 16.7. The Morgan fingerprint density at radius 1 is 0.824 bits per heavy atom.